The van der Waals surface area contributed by atoms with Gasteiger partial charge in [-0.25, -0.2) is 8.42 Å². The van der Waals surface area contributed by atoms with Crippen LogP contribution in [0.4, 0.5) is 5.69 Å². The second-order valence-corrected chi connectivity index (χ2v) is 7.37. The number of H-pyrrole nitrogens is 1. The van der Waals surface area contributed by atoms with Crippen molar-refractivity contribution in [2.24, 2.45) is 0 Å². The second kappa shape index (κ2) is 5.82. The Kier molecular flexibility index (Phi) is 4.32. The van der Waals surface area contributed by atoms with Crippen molar-refractivity contribution < 1.29 is 13.2 Å². The molecular formula is C12H20N4O3S. The number of nitrogens with one attached hydrogen (secondary N) is 2. The summed E-state index contributed by atoms with van der Waals surface area (Å²) in [4.78, 5) is 12.1. The Morgan fingerprint density at radius 2 is 2.30 bits per heavy atom. The van der Waals surface area contributed by atoms with E-state index in [4.69, 9.17) is 5.73 Å². The highest BCUT2D eigenvalue weighted by molar-refractivity contribution is 7.91. The molecule has 0 aromatic carbocycles. The molecular weight excluding hydrogens is 280 g/mol. The Labute approximate surface area is 118 Å². The van der Waals surface area contributed by atoms with Crippen molar-refractivity contribution in [3.05, 3.63) is 11.4 Å². The molecule has 8 heteroatoms. The molecule has 1 aromatic heterocycles. The predicted molar refractivity (Wildman–Crippen MR) is 76.1 cm³/mol. The van der Waals surface area contributed by atoms with E-state index in [1.165, 1.54) is 0 Å². The van der Waals surface area contributed by atoms with Crippen molar-refractivity contribution in [1.82, 2.24) is 15.5 Å². The molecule has 20 heavy (non-hydrogen) atoms. The molecule has 1 fully saturated rings. The molecule has 0 radical (unpaired) electrons. The molecule has 1 aliphatic heterocycles. The molecule has 112 valence electrons. The van der Waals surface area contributed by atoms with Gasteiger partial charge in [-0.3, -0.25) is 9.89 Å². The molecule has 0 spiro atoms. The summed E-state index contributed by atoms with van der Waals surface area (Å²) in [5.41, 5.74) is 7.12. The predicted octanol–water partition coefficient (Wildman–Crippen LogP) is 0.251. The minimum absolute atomic E-state index is 0.00904. The molecule has 1 aliphatic rings. The van der Waals surface area contributed by atoms with Gasteiger partial charge in [0.25, 0.3) is 5.91 Å². The first-order chi connectivity index (χ1) is 9.43. The van der Waals surface area contributed by atoms with E-state index in [0.717, 1.165) is 18.5 Å². The van der Waals surface area contributed by atoms with Gasteiger partial charge >= 0.3 is 0 Å². The lowest BCUT2D eigenvalue weighted by molar-refractivity contribution is 0.0934. The van der Waals surface area contributed by atoms with Gasteiger partial charge in [0, 0.05) is 6.04 Å². The zero-order chi connectivity index (χ0) is 14.8. The Morgan fingerprint density at radius 1 is 1.55 bits per heavy atom. The van der Waals surface area contributed by atoms with Crippen LogP contribution in [0.25, 0.3) is 0 Å². The molecule has 1 atom stereocenters. The first-order valence-corrected chi connectivity index (χ1v) is 8.59. The van der Waals surface area contributed by atoms with Gasteiger partial charge in [0.1, 0.15) is 0 Å². The SMILES string of the molecule is CCCc1[nH]nc(C(=O)NC2CCCS(=O)(=O)C2)c1N. The molecule has 2 rings (SSSR count). The van der Waals surface area contributed by atoms with Gasteiger partial charge < -0.3 is 11.1 Å². The van der Waals surface area contributed by atoms with Crippen LogP contribution in [0, 0.1) is 0 Å². The third kappa shape index (κ3) is 3.30. The summed E-state index contributed by atoms with van der Waals surface area (Å²) < 4.78 is 23.1. The number of hydrogen-bond donors (Lipinski definition) is 3. The highest BCUT2D eigenvalue weighted by Crippen LogP contribution is 2.17. The van der Waals surface area contributed by atoms with Crippen molar-refractivity contribution in [1.29, 1.82) is 0 Å². The Bertz CT molecular complexity index is 594. The number of aromatic nitrogens is 2. The van der Waals surface area contributed by atoms with Gasteiger partial charge in [0.05, 0.1) is 22.9 Å². The number of carbonyl (C=O) groups excluding carboxylic acids is 1. The van der Waals surface area contributed by atoms with Gasteiger partial charge in [-0.2, -0.15) is 5.10 Å². The monoisotopic (exact) mass is 300 g/mol. The number of rotatable bonds is 4. The van der Waals surface area contributed by atoms with E-state index in [2.05, 4.69) is 15.5 Å². The van der Waals surface area contributed by atoms with Crippen LogP contribution < -0.4 is 11.1 Å². The van der Waals surface area contributed by atoms with Gasteiger partial charge in [0.2, 0.25) is 0 Å². The van der Waals surface area contributed by atoms with Crippen LogP contribution in [0.2, 0.25) is 0 Å². The first-order valence-electron chi connectivity index (χ1n) is 6.77. The number of nitrogens with zero attached hydrogens (tertiary/aromatic N) is 1. The largest absolute Gasteiger partial charge is 0.395 e. The smallest absolute Gasteiger partial charge is 0.274 e. The summed E-state index contributed by atoms with van der Waals surface area (Å²) in [7, 11) is -3.05. The van der Waals surface area contributed by atoms with E-state index in [1.54, 1.807) is 0 Å². The summed E-state index contributed by atoms with van der Waals surface area (Å²) in [5.74, 6) is -0.224. The number of nitrogens with two attached hydrogens (primary N) is 1. The number of hydrogen-bond acceptors (Lipinski definition) is 5. The molecule has 0 bridgehead atoms. The molecule has 1 saturated heterocycles. The summed E-state index contributed by atoms with van der Waals surface area (Å²) in [6.45, 7) is 2.01. The molecule has 1 amide bonds. The van der Waals surface area contributed by atoms with E-state index >= 15 is 0 Å². The van der Waals surface area contributed by atoms with Crippen molar-refractivity contribution in [3.63, 3.8) is 0 Å². The normalized spacial score (nSPS) is 21.6. The Morgan fingerprint density at radius 3 is 2.95 bits per heavy atom. The van der Waals surface area contributed by atoms with Crippen LogP contribution in [0.1, 0.15) is 42.4 Å². The Balaban J connectivity index is 2.05. The number of anilines is 1. The average Bonchev–Trinajstić information content (AvgIpc) is 2.70. The standard InChI is InChI=1S/C12H20N4O3S/c1-2-4-9-10(13)11(16-15-9)12(17)14-8-5-3-6-20(18,19)7-8/h8H,2-7,13H2,1H3,(H,14,17)(H,15,16). The molecule has 1 unspecified atom stereocenters. The van der Waals surface area contributed by atoms with E-state index < -0.39 is 15.7 Å². The number of amides is 1. The summed E-state index contributed by atoms with van der Waals surface area (Å²) in [6.07, 6.45) is 2.86. The van der Waals surface area contributed by atoms with Crippen LogP contribution in [-0.2, 0) is 16.3 Å². The van der Waals surface area contributed by atoms with Gasteiger partial charge in [0.15, 0.2) is 15.5 Å². The quantitative estimate of drug-likeness (QED) is 0.736. The number of nitrogen functional groups attached to an aromatic ring is 1. The van der Waals surface area contributed by atoms with Crippen molar-refractivity contribution in [2.45, 2.75) is 38.6 Å². The average molecular weight is 300 g/mol. The lowest BCUT2D eigenvalue weighted by atomic mass is 10.1. The van der Waals surface area contributed by atoms with E-state index in [0.29, 0.717) is 18.5 Å². The lowest BCUT2D eigenvalue weighted by Gasteiger charge is -2.22. The zero-order valence-electron chi connectivity index (χ0n) is 11.5. The van der Waals surface area contributed by atoms with E-state index in [1.807, 2.05) is 6.92 Å². The van der Waals surface area contributed by atoms with Crippen LogP contribution >= 0.6 is 0 Å². The molecule has 4 N–H and O–H groups in total. The van der Waals surface area contributed by atoms with Crippen LogP contribution in [0.15, 0.2) is 0 Å². The van der Waals surface area contributed by atoms with Crippen molar-refractivity contribution in [3.8, 4) is 0 Å². The van der Waals surface area contributed by atoms with Gasteiger partial charge in [-0.1, -0.05) is 13.3 Å². The minimum Gasteiger partial charge on any atom is -0.395 e. The highest BCUT2D eigenvalue weighted by atomic mass is 32.2. The Hall–Kier alpha value is -1.57. The summed E-state index contributed by atoms with van der Waals surface area (Å²) in [6, 6.07) is -0.355. The highest BCUT2D eigenvalue weighted by Gasteiger charge is 2.27. The number of sulfone groups is 1. The number of carbonyl (C=O) groups is 1. The van der Waals surface area contributed by atoms with Crippen LogP contribution in [-0.4, -0.2) is 42.1 Å². The summed E-state index contributed by atoms with van der Waals surface area (Å²) in [5, 5.41) is 9.39. The zero-order valence-corrected chi connectivity index (χ0v) is 12.3. The minimum atomic E-state index is -3.05. The second-order valence-electron chi connectivity index (χ2n) is 5.14. The number of aryl methyl sites for hydroxylation is 1. The molecule has 2 heterocycles. The lowest BCUT2D eigenvalue weighted by Crippen LogP contribution is -2.43. The summed E-state index contributed by atoms with van der Waals surface area (Å²) >= 11 is 0. The van der Waals surface area contributed by atoms with Gasteiger partial charge in [-0.05, 0) is 19.3 Å². The van der Waals surface area contributed by atoms with E-state index in [9.17, 15) is 13.2 Å². The van der Waals surface area contributed by atoms with E-state index in [-0.39, 0.29) is 23.2 Å². The maximum Gasteiger partial charge on any atom is 0.274 e. The topological polar surface area (TPSA) is 118 Å². The van der Waals surface area contributed by atoms with Crippen LogP contribution in [0.5, 0.6) is 0 Å². The number of aromatic amines is 1. The van der Waals surface area contributed by atoms with Crippen LogP contribution in [0.3, 0.4) is 0 Å². The maximum atomic E-state index is 12.1. The first kappa shape index (κ1) is 14.8. The third-order valence-electron chi connectivity index (χ3n) is 3.40. The van der Waals surface area contributed by atoms with Crippen molar-refractivity contribution in [2.75, 3.05) is 17.2 Å². The maximum absolute atomic E-state index is 12.1. The van der Waals surface area contributed by atoms with Crippen molar-refractivity contribution >= 4 is 21.4 Å². The molecule has 1 aromatic rings. The fourth-order valence-corrected chi connectivity index (χ4v) is 4.03. The third-order valence-corrected chi connectivity index (χ3v) is 5.22. The molecule has 7 nitrogen and oxygen atoms in total. The fraction of sp³-hybridized carbons (Fsp3) is 0.667. The molecule has 0 saturated carbocycles. The molecule has 0 aliphatic carbocycles. The van der Waals surface area contributed by atoms with Gasteiger partial charge in [-0.15, -0.1) is 0 Å². The fourth-order valence-electron chi connectivity index (χ4n) is 2.39.